The summed E-state index contributed by atoms with van der Waals surface area (Å²) >= 11 is 0. The Kier molecular flexibility index (Phi) is 2.87. The second-order valence-corrected chi connectivity index (χ2v) is 4.25. The van der Waals surface area contributed by atoms with Crippen molar-refractivity contribution >= 4 is 0 Å². The molecule has 0 unspecified atom stereocenters. The first-order chi connectivity index (χ1) is 6.81. The van der Waals surface area contributed by atoms with Gasteiger partial charge in [0.1, 0.15) is 0 Å². The highest BCUT2D eigenvalue weighted by Gasteiger charge is 2.24. The predicted octanol–water partition coefficient (Wildman–Crippen LogP) is 2.98. The third-order valence-corrected chi connectivity index (χ3v) is 2.94. The molecule has 0 saturated heterocycles. The largest absolute Gasteiger partial charge is 0.313 e. The lowest BCUT2D eigenvalue weighted by atomic mass is 10.0. The van der Waals surface area contributed by atoms with Gasteiger partial charge in [0.2, 0.25) is 0 Å². The average Bonchev–Trinajstić information content (AvgIpc) is 3.00. The molecule has 1 aromatic rings. The van der Waals surface area contributed by atoms with Crippen molar-refractivity contribution < 1.29 is 0 Å². The summed E-state index contributed by atoms with van der Waals surface area (Å²) in [7, 11) is 0. The van der Waals surface area contributed by atoms with Gasteiger partial charge >= 0.3 is 0 Å². The minimum atomic E-state index is 0.872. The maximum Gasteiger partial charge on any atom is 0.0205 e. The smallest absolute Gasteiger partial charge is 0.0205 e. The Morgan fingerprint density at radius 2 is 2.14 bits per heavy atom. The molecular formula is C13H19N. The van der Waals surface area contributed by atoms with Gasteiger partial charge in [0.15, 0.2) is 0 Å². The van der Waals surface area contributed by atoms with Crippen LogP contribution in [0.25, 0.3) is 0 Å². The van der Waals surface area contributed by atoms with Gasteiger partial charge in [0.05, 0.1) is 0 Å². The van der Waals surface area contributed by atoms with Gasteiger partial charge in [-0.2, -0.15) is 0 Å². The van der Waals surface area contributed by atoms with Crippen molar-refractivity contribution in [3.05, 3.63) is 34.9 Å². The van der Waals surface area contributed by atoms with Crippen LogP contribution in [-0.2, 0) is 6.54 Å². The Labute approximate surface area is 86.5 Å². The van der Waals surface area contributed by atoms with Gasteiger partial charge in [-0.05, 0) is 48.9 Å². The topological polar surface area (TPSA) is 12.0 Å². The molecule has 14 heavy (non-hydrogen) atoms. The summed E-state index contributed by atoms with van der Waals surface area (Å²) in [6.45, 7) is 6.43. The van der Waals surface area contributed by atoms with Crippen LogP contribution in [0.15, 0.2) is 18.2 Å². The van der Waals surface area contributed by atoms with Gasteiger partial charge in [-0.25, -0.2) is 0 Å². The Balaban J connectivity index is 2.13. The molecule has 1 heteroatoms. The molecule has 1 saturated carbocycles. The van der Waals surface area contributed by atoms with E-state index in [1.165, 1.54) is 24.0 Å². The van der Waals surface area contributed by atoms with Crippen LogP contribution in [0, 0.1) is 6.92 Å². The van der Waals surface area contributed by atoms with E-state index in [4.69, 9.17) is 0 Å². The molecular weight excluding hydrogens is 170 g/mol. The zero-order valence-corrected chi connectivity index (χ0v) is 9.14. The molecule has 1 N–H and O–H groups in total. The van der Waals surface area contributed by atoms with E-state index in [1.54, 1.807) is 5.56 Å². The molecule has 1 aromatic carbocycles. The molecule has 1 aliphatic rings. The third-order valence-electron chi connectivity index (χ3n) is 2.94. The van der Waals surface area contributed by atoms with Gasteiger partial charge in [-0.3, -0.25) is 0 Å². The van der Waals surface area contributed by atoms with Gasteiger partial charge in [-0.1, -0.05) is 25.1 Å². The lowest BCUT2D eigenvalue weighted by Gasteiger charge is -2.08. The summed E-state index contributed by atoms with van der Waals surface area (Å²) in [4.78, 5) is 0. The molecule has 0 heterocycles. The summed E-state index contributed by atoms with van der Waals surface area (Å²) in [6.07, 6.45) is 2.79. The van der Waals surface area contributed by atoms with Crippen LogP contribution in [-0.4, -0.2) is 6.54 Å². The van der Waals surface area contributed by atoms with Crippen LogP contribution >= 0.6 is 0 Å². The van der Waals surface area contributed by atoms with Crippen molar-refractivity contribution in [3.63, 3.8) is 0 Å². The molecule has 0 atom stereocenters. The van der Waals surface area contributed by atoms with Crippen LogP contribution in [0.5, 0.6) is 0 Å². The standard InChI is InChI=1S/C13H19N/c1-3-14-9-11-5-4-10(2)13(8-11)12-6-7-12/h4-5,8,12,14H,3,6-7,9H2,1-2H3. The monoisotopic (exact) mass is 189 g/mol. The minimum absolute atomic E-state index is 0.872. The van der Waals surface area contributed by atoms with Crippen molar-refractivity contribution in [3.8, 4) is 0 Å². The Bertz CT molecular complexity index is 313. The number of hydrogen-bond donors (Lipinski definition) is 1. The molecule has 0 spiro atoms. The fraction of sp³-hybridized carbons (Fsp3) is 0.538. The van der Waals surface area contributed by atoms with Gasteiger partial charge < -0.3 is 5.32 Å². The fourth-order valence-electron chi connectivity index (χ4n) is 1.90. The zero-order valence-electron chi connectivity index (χ0n) is 9.14. The van der Waals surface area contributed by atoms with Crippen molar-refractivity contribution in [2.75, 3.05) is 6.54 Å². The highest BCUT2D eigenvalue weighted by atomic mass is 14.8. The Hall–Kier alpha value is -0.820. The maximum atomic E-state index is 3.37. The highest BCUT2D eigenvalue weighted by molar-refractivity contribution is 5.36. The number of nitrogens with one attached hydrogen (secondary N) is 1. The van der Waals surface area contributed by atoms with Crippen LogP contribution < -0.4 is 5.32 Å². The van der Waals surface area contributed by atoms with E-state index in [0.717, 1.165) is 19.0 Å². The Morgan fingerprint density at radius 3 is 2.79 bits per heavy atom. The number of benzene rings is 1. The summed E-state index contributed by atoms with van der Waals surface area (Å²) < 4.78 is 0. The number of aryl methyl sites for hydroxylation is 1. The quantitative estimate of drug-likeness (QED) is 0.767. The van der Waals surface area contributed by atoms with Crippen molar-refractivity contribution in [1.29, 1.82) is 0 Å². The second kappa shape index (κ2) is 4.14. The van der Waals surface area contributed by atoms with Crippen molar-refractivity contribution in [2.45, 2.75) is 39.2 Å². The number of rotatable bonds is 4. The lowest BCUT2D eigenvalue weighted by Crippen LogP contribution is -2.11. The molecule has 1 fully saturated rings. The van der Waals surface area contributed by atoms with E-state index in [0.29, 0.717) is 0 Å². The van der Waals surface area contributed by atoms with Crippen molar-refractivity contribution in [2.24, 2.45) is 0 Å². The summed E-state index contributed by atoms with van der Waals surface area (Å²) in [5.74, 6) is 0.872. The van der Waals surface area contributed by atoms with Crippen LogP contribution in [0.1, 0.15) is 42.4 Å². The molecule has 2 rings (SSSR count). The van der Waals surface area contributed by atoms with Crippen LogP contribution in [0.4, 0.5) is 0 Å². The third kappa shape index (κ3) is 2.16. The maximum absolute atomic E-state index is 3.37. The zero-order chi connectivity index (χ0) is 9.97. The van der Waals surface area contributed by atoms with Crippen LogP contribution in [0.2, 0.25) is 0 Å². The first-order valence-electron chi connectivity index (χ1n) is 5.61. The highest BCUT2D eigenvalue weighted by Crippen LogP contribution is 2.41. The minimum Gasteiger partial charge on any atom is -0.313 e. The predicted molar refractivity (Wildman–Crippen MR) is 60.5 cm³/mol. The summed E-state index contributed by atoms with van der Waals surface area (Å²) in [5, 5.41) is 3.37. The molecule has 0 aromatic heterocycles. The number of hydrogen-bond acceptors (Lipinski definition) is 1. The molecule has 0 aliphatic heterocycles. The summed E-state index contributed by atoms with van der Waals surface area (Å²) in [6, 6.07) is 6.89. The van der Waals surface area contributed by atoms with E-state index < -0.39 is 0 Å². The average molecular weight is 189 g/mol. The van der Waals surface area contributed by atoms with Crippen molar-refractivity contribution in [1.82, 2.24) is 5.32 Å². The normalized spacial score (nSPS) is 15.9. The molecule has 76 valence electrons. The van der Waals surface area contributed by atoms with E-state index >= 15 is 0 Å². The molecule has 1 aliphatic carbocycles. The molecule has 0 radical (unpaired) electrons. The van der Waals surface area contributed by atoms with E-state index in [9.17, 15) is 0 Å². The lowest BCUT2D eigenvalue weighted by molar-refractivity contribution is 0.725. The fourth-order valence-corrected chi connectivity index (χ4v) is 1.90. The van der Waals surface area contributed by atoms with E-state index in [-0.39, 0.29) is 0 Å². The molecule has 0 bridgehead atoms. The summed E-state index contributed by atoms with van der Waals surface area (Å²) in [5.41, 5.74) is 4.48. The second-order valence-electron chi connectivity index (χ2n) is 4.25. The van der Waals surface area contributed by atoms with Crippen LogP contribution in [0.3, 0.4) is 0 Å². The first kappa shape index (κ1) is 9.72. The van der Waals surface area contributed by atoms with E-state index in [2.05, 4.69) is 37.4 Å². The Morgan fingerprint density at radius 1 is 1.36 bits per heavy atom. The SMILES string of the molecule is CCNCc1ccc(C)c(C2CC2)c1. The van der Waals surface area contributed by atoms with Gasteiger partial charge in [0, 0.05) is 6.54 Å². The van der Waals surface area contributed by atoms with E-state index in [1.807, 2.05) is 0 Å². The van der Waals surface area contributed by atoms with Gasteiger partial charge in [-0.15, -0.1) is 0 Å². The molecule has 0 amide bonds. The van der Waals surface area contributed by atoms with Gasteiger partial charge in [0.25, 0.3) is 0 Å². The first-order valence-corrected chi connectivity index (χ1v) is 5.61. The molecule has 1 nitrogen and oxygen atoms in total.